The van der Waals surface area contributed by atoms with Crippen molar-refractivity contribution in [3.63, 3.8) is 0 Å². The largest absolute Gasteiger partial charge is 0.497 e. The van der Waals surface area contributed by atoms with E-state index in [1.54, 1.807) is 7.11 Å². The van der Waals surface area contributed by atoms with Crippen molar-refractivity contribution in [1.82, 2.24) is 4.31 Å². The fraction of sp³-hybridized carbons (Fsp3) is 0.161. The molecule has 1 heterocycles. The Balaban J connectivity index is 1.50. The van der Waals surface area contributed by atoms with E-state index in [-0.39, 0.29) is 22.3 Å². The highest BCUT2D eigenvalue weighted by molar-refractivity contribution is 7.91. The van der Waals surface area contributed by atoms with Crippen molar-refractivity contribution < 1.29 is 17.9 Å². The first-order chi connectivity index (χ1) is 19.2. The van der Waals surface area contributed by atoms with Crippen molar-refractivity contribution in [2.75, 3.05) is 26.1 Å². The summed E-state index contributed by atoms with van der Waals surface area (Å²) in [5, 5.41) is 2.63. The number of ether oxygens (including phenoxy) is 2. The molecular weight excluding hydrogens is 564 g/mol. The second-order valence-corrected chi connectivity index (χ2v) is 13.0. The van der Waals surface area contributed by atoms with Gasteiger partial charge in [0.15, 0.2) is 0 Å². The van der Waals surface area contributed by atoms with Crippen LogP contribution in [0.15, 0.2) is 101 Å². The van der Waals surface area contributed by atoms with Crippen molar-refractivity contribution in [3.8, 4) is 16.6 Å². The smallest absolute Gasteiger partial charge is 0.253 e. The first kappa shape index (κ1) is 28.0. The maximum absolute atomic E-state index is 14.2. The maximum atomic E-state index is 14.2. The van der Waals surface area contributed by atoms with Gasteiger partial charge in [0, 0.05) is 38.9 Å². The van der Waals surface area contributed by atoms with Crippen LogP contribution in [0, 0.1) is 0 Å². The summed E-state index contributed by atoms with van der Waals surface area (Å²) in [7, 11) is 1.53. The third-order valence-corrected chi connectivity index (χ3v) is 10.2. The number of rotatable bonds is 10. The Labute approximate surface area is 244 Å². The minimum atomic E-state index is -3.95. The molecule has 0 unspecified atom stereocenters. The Bertz CT molecular complexity index is 1730. The van der Waals surface area contributed by atoms with Crippen LogP contribution in [0.25, 0.3) is 10.8 Å². The van der Waals surface area contributed by atoms with E-state index in [1.807, 2.05) is 110 Å². The van der Waals surface area contributed by atoms with Gasteiger partial charge >= 0.3 is 0 Å². The van der Waals surface area contributed by atoms with Crippen molar-refractivity contribution in [1.29, 1.82) is 0 Å². The molecule has 0 aliphatic rings. The molecular formula is C31H29ClN2O4S2. The highest BCUT2D eigenvalue weighted by Gasteiger charge is 2.29. The molecule has 6 nitrogen and oxygen atoms in total. The molecule has 0 amide bonds. The van der Waals surface area contributed by atoms with E-state index in [9.17, 15) is 8.42 Å². The summed E-state index contributed by atoms with van der Waals surface area (Å²) < 4.78 is 41.2. The van der Waals surface area contributed by atoms with E-state index in [1.165, 1.54) is 10.4 Å². The summed E-state index contributed by atoms with van der Waals surface area (Å²) in [6.45, 7) is 0.360. The summed E-state index contributed by atoms with van der Waals surface area (Å²) >= 11 is 7.54. The fourth-order valence-electron chi connectivity index (χ4n) is 4.37. The standard InChI is InChI=1S/C31H29ClN2O4S2/c1-33(2)25-11-7-12-27(18-25)38-31-29(32)19-30(39-31)40(35,36)34(20-22-14-16-26(37-3)17-15-22)21-24-10-6-9-23-8-4-5-13-28(23)24/h4-19H,20-21H2,1-3H3. The highest BCUT2D eigenvalue weighted by Crippen LogP contribution is 2.42. The fourth-order valence-corrected chi connectivity index (χ4v) is 7.53. The average Bonchev–Trinajstić information content (AvgIpc) is 3.34. The molecule has 0 aliphatic carbocycles. The van der Waals surface area contributed by atoms with E-state index in [0.29, 0.717) is 16.6 Å². The molecule has 0 saturated carbocycles. The normalized spacial score (nSPS) is 11.6. The summed E-state index contributed by atoms with van der Waals surface area (Å²) in [5.74, 6) is 1.28. The van der Waals surface area contributed by atoms with Gasteiger partial charge in [0.25, 0.3) is 10.0 Å². The number of fused-ring (bicyclic) bond motifs is 1. The van der Waals surface area contributed by atoms with E-state index in [2.05, 4.69) is 0 Å². The van der Waals surface area contributed by atoms with Crippen LogP contribution in [0.3, 0.4) is 0 Å². The van der Waals surface area contributed by atoms with Gasteiger partial charge in [0.1, 0.15) is 15.7 Å². The summed E-state index contributed by atoms with van der Waals surface area (Å²) in [6, 6.07) is 30.3. The Morgan fingerprint density at radius 1 is 0.825 bits per heavy atom. The van der Waals surface area contributed by atoms with Gasteiger partial charge in [-0.25, -0.2) is 8.42 Å². The number of halogens is 1. The zero-order chi connectivity index (χ0) is 28.3. The quantitative estimate of drug-likeness (QED) is 0.165. The molecule has 4 aromatic carbocycles. The van der Waals surface area contributed by atoms with Crippen LogP contribution >= 0.6 is 22.9 Å². The lowest BCUT2D eigenvalue weighted by atomic mass is 10.0. The predicted octanol–water partition coefficient (Wildman–Crippen LogP) is 7.81. The lowest BCUT2D eigenvalue weighted by Gasteiger charge is -2.22. The van der Waals surface area contributed by atoms with E-state index in [0.717, 1.165) is 38.9 Å². The van der Waals surface area contributed by atoms with E-state index in [4.69, 9.17) is 21.1 Å². The van der Waals surface area contributed by atoms with Crippen molar-refractivity contribution in [2.45, 2.75) is 17.3 Å². The van der Waals surface area contributed by atoms with Gasteiger partial charge in [-0.3, -0.25) is 0 Å². The zero-order valence-corrected chi connectivity index (χ0v) is 24.8. The molecule has 0 bridgehead atoms. The molecule has 206 valence electrons. The molecule has 5 rings (SSSR count). The molecule has 0 saturated heterocycles. The lowest BCUT2D eigenvalue weighted by Crippen LogP contribution is -2.29. The Kier molecular flexibility index (Phi) is 8.32. The summed E-state index contributed by atoms with van der Waals surface area (Å²) in [6.07, 6.45) is 0. The third kappa shape index (κ3) is 6.10. The van der Waals surface area contributed by atoms with Gasteiger partial charge in [-0.1, -0.05) is 83.6 Å². The van der Waals surface area contributed by atoms with Crippen LogP contribution < -0.4 is 14.4 Å². The van der Waals surface area contributed by atoms with Crippen molar-refractivity contribution >= 4 is 49.4 Å². The topological polar surface area (TPSA) is 59.1 Å². The summed E-state index contributed by atoms with van der Waals surface area (Å²) in [5.41, 5.74) is 2.71. The molecule has 40 heavy (non-hydrogen) atoms. The minimum absolute atomic E-state index is 0.116. The van der Waals surface area contributed by atoms with Gasteiger partial charge in [-0.2, -0.15) is 4.31 Å². The van der Waals surface area contributed by atoms with Gasteiger partial charge in [0.2, 0.25) is 5.06 Å². The molecule has 0 atom stereocenters. The molecule has 0 radical (unpaired) electrons. The SMILES string of the molecule is COc1ccc(CN(Cc2cccc3ccccc23)S(=O)(=O)c2cc(Cl)c(Oc3cccc(N(C)C)c3)s2)cc1. The van der Waals surface area contributed by atoms with Crippen molar-refractivity contribution in [2.24, 2.45) is 0 Å². The summed E-state index contributed by atoms with van der Waals surface area (Å²) in [4.78, 5) is 1.96. The van der Waals surface area contributed by atoms with Crippen LogP contribution in [-0.4, -0.2) is 33.9 Å². The van der Waals surface area contributed by atoms with Gasteiger partial charge < -0.3 is 14.4 Å². The number of anilines is 1. The molecule has 0 fully saturated rings. The Hall–Kier alpha value is -3.56. The Morgan fingerprint density at radius 3 is 2.30 bits per heavy atom. The minimum Gasteiger partial charge on any atom is -0.497 e. The number of methoxy groups -OCH3 is 1. The molecule has 9 heteroatoms. The molecule has 0 aliphatic heterocycles. The van der Waals surface area contributed by atoms with E-state index < -0.39 is 10.0 Å². The van der Waals surface area contributed by atoms with Crippen LogP contribution in [0.1, 0.15) is 11.1 Å². The third-order valence-electron chi connectivity index (χ3n) is 6.52. The highest BCUT2D eigenvalue weighted by atomic mass is 35.5. The molecule has 1 aromatic heterocycles. The van der Waals surface area contributed by atoms with Gasteiger partial charge in [0.05, 0.1) is 12.1 Å². The van der Waals surface area contributed by atoms with Gasteiger partial charge in [-0.15, -0.1) is 0 Å². The van der Waals surface area contributed by atoms with Crippen LogP contribution in [0.4, 0.5) is 5.69 Å². The van der Waals surface area contributed by atoms with Gasteiger partial charge in [-0.05, 0) is 52.2 Å². The van der Waals surface area contributed by atoms with Crippen LogP contribution in [-0.2, 0) is 23.1 Å². The van der Waals surface area contributed by atoms with Crippen LogP contribution in [0.5, 0.6) is 16.6 Å². The lowest BCUT2D eigenvalue weighted by molar-refractivity contribution is 0.401. The monoisotopic (exact) mass is 592 g/mol. The number of hydrogen-bond acceptors (Lipinski definition) is 6. The number of thiophene rings is 1. The number of sulfonamides is 1. The molecule has 5 aromatic rings. The Morgan fingerprint density at radius 2 is 1.55 bits per heavy atom. The number of hydrogen-bond donors (Lipinski definition) is 0. The zero-order valence-electron chi connectivity index (χ0n) is 22.4. The molecule has 0 spiro atoms. The second kappa shape index (κ2) is 11.9. The predicted molar refractivity (Wildman–Crippen MR) is 164 cm³/mol. The average molecular weight is 593 g/mol. The van der Waals surface area contributed by atoms with Crippen LogP contribution in [0.2, 0.25) is 5.02 Å². The second-order valence-electron chi connectivity index (χ2n) is 9.45. The van der Waals surface area contributed by atoms with E-state index >= 15 is 0 Å². The first-order valence-electron chi connectivity index (χ1n) is 12.6. The first-order valence-corrected chi connectivity index (χ1v) is 15.2. The number of benzene rings is 4. The van der Waals surface area contributed by atoms with Crippen molar-refractivity contribution in [3.05, 3.63) is 113 Å². The molecule has 0 N–H and O–H groups in total. The number of nitrogens with zero attached hydrogens (tertiary/aromatic N) is 2. The maximum Gasteiger partial charge on any atom is 0.253 e.